The Morgan fingerprint density at radius 2 is 1.88 bits per heavy atom. The van der Waals surface area contributed by atoms with Gasteiger partial charge in [0.15, 0.2) is 0 Å². The molecule has 2 amide bonds. The zero-order chi connectivity index (χ0) is 18.9. The molecule has 140 valence electrons. The predicted molar refractivity (Wildman–Crippen MR) is 102 cm³/mol. The average Bonchev–Trinajstić information content (AvgIpc) is 2.97. The van der Waals surface area contributed by atoms with Crippen molar-refractivity contribution in [3.05, 3.63) is 59.0 Å². The first kappa shape index (κ1) is 19.8. The fraction of sp³-hybridized carbons (Fsp3) is 0.429. The summed E-state index contributed by atoms with van der Waals surface area (Å²) in [6.45, 7) is 7.22. The number of aryl methyl sites for hydroxylation is 2. The fourth-order valence-corrected chi connectivity index (χ4v) is 2.80. The van der Waals surface area contributed by atoms with Crippen LogP contribution in [0, 0.1) is 13.8 Å². The third kappa shape index (κ3) is 5.76. The van der Waals surface area contributed by atoms with E-state index in [-0.39, 0.29) is 18.2 Å². The monoisotopic (exact) mass is 356 g/mol. The first-order valence-electron chi connectivity index (χ1n) is 9.18. The Morgan fingerprint density at radius 1 is 1.15 bits per heavy atom. The van der Waals surface area contributed by atoms with Gasteiger partial charge in [-0.05, 0) is 31.9 Å². The first-order valence-corrected chi connectivity index (χ1v) is 9.18. The summed E-state index contributed by atoms with van der Waals surface area (Å²) >= 11 is 0. The van der Waals surface area contributed by atoms with E-state index in [9.17, 15) is 9.59 Å². The summed E-state index contributed by atoms with van der Waals surface area (Å²) in [6, 6.07) is 11.6. The number of unbranched alkanes of at least 4 members (excludes halogenated alkanes) is 1. The minimum Gasteiger partial charge on any atom is -0.466 e. The van der Waals surface area contributed by atoms with Crippen LogP contribution in [-0.4, -0.2) is 29.8 Å². The lowest BCUT2D eigenvalue weighted by Gasteiger charge is -2.22. The normalized spacial score (nSPS) is 10.6. The van der Waals surface area contributed by atoms with Crippen LogP contribution < -0.4 is 5.32 Å². The summed E-state index contributed by atoms with van der Waals surface area (Å²) in [7, 11) is 0. The van der Waals surface area contributed by atoms with Crippen molar-refractivity contribution in [3.8, 4) is 0 Å². The van der Waals surface area contributed by atoms with Gasteiger partial charge >= 0.3 is 0 Å². The Kier molecular flexibility index (Phi) is 7.45. The van der Waals surface area contributed by atoms with Crippen LogP contribution in [0.15, 0.2) is 40.8 Å². The second-order valence-electron chi connectivity index (χ2n) is 6.49. The summed E-state index contributed by atoms with van der Waals surface area (Å²) < 4.78 is 5.50. The number of hydrogen-bond acceptors (Lipinski definition) is 3. The van der Waals surface area contributed by atoms with Crippen molar-refractivity contribution in [2.75, 3.05) is 13.1 Å². The second kappa shape index (κ2) is 9.80. The maximum atomic E-state index is 13.0. The van der Waals surface area contributed by atoms with Crippen LogP contribution in [0.3, 0.4) is 0 Å². The summed E-state index contributed by atoms with van der Waals surface area (Å²) in [6.07, 6.45) is 2.29. The molecule has 0 fully saturated rings. The van der Waals surface area contributed by atoms with E-state index in [2.05, 4.69) is 12.2 Å². The van der Waals surface area contributed by atoms with Gasteiger partial charge in [-0.15, -0.1) is 0 Å². The number of carbonyl (C=O) groups is 2. The van der Waals surface area contributed by atoms with Gasteiger partial charge in [0, 0.05) is 26.1 Å². The van der Waals surface area contributed by atoms with E-state index >= 15 is 0 Å². The quantitative estimate of drug-likeness (QED) is 0.694. The van der Waals surface area contributed by atoms with Crippen molar-refractivity contribution in [1.29, 1.82) is 0 Å². The minimum absolute atomic E-state index is 0.0237. The Hall–Kier alpha value is -2.56. The highest BCUT2D eigenvalue weighted by molar-refractivity contribution is 5.95. The molecule has 1 aromatic heterocycles. The molecule has 2 rings (SSSR count). The number of carbonyl (C=O) groups excluding carboxylic acids is 2. The Bertz CT molecular complexity index is 722. The molecule has 0 spiro atoms. The molecule has 1 heterocycles. The summed E-state index contributed by atoms with van der Waals surface area (Å²) in [5, 5.41) is 2.90. The topological polar surface area (TPSA) is 62.6 Å². The lowest BCUT2D eigenvalue weighted by Crippen LogP contribution is -2.35. The van der Waals surface area contributed by atoms with Crippen molar-refractivity contribution in [2.45, 2.75) is 46.6 Å². The Balaban J connectivity index is 2.07. The number of hydrogen-bond donors (Lipinski definition) is 1. The minimum atomic E-state index is -0.107. The highest BCUT2D eigenvalue weighted by atomic mass is 16.3. The van der Waals surface area contributed by atoms with Crippen LogP contribution in [0.4, 0.5) is 0 Å². The maximum absolute atomic E-state index is 13.0. The number of furan rings is 1. The van der Waals surface area contributed by atoms with Crippen molar-refractivity contribution in [2.24, 2.45) is 0 Å². The van der Waals surface area contributed by atoms with Crippen LogP contribution >= 0.6 is 0 Å². The molecule has 0 aliphatic rings. The molecular weight excluding hydrogens is 328 g/mol. The van der Waals surface area contributed by atoms with E-state index in [0.717, 1.165) is 18.4 Å². The van der Waals surface area contributed by atoms with E-state index in [1.54, 1.807) is 17.9 Å². The average molecular weight is 356 g/mol. The molecule has 0 radical (unpaired) electrons. The van der Waals surface area contributed by atoms with Gasteiger partial charge in [0.25, 0.3) is 5.91 Å². The number of nitrogens with zero attached hydrogens (tertiary/aromatic N) is 1. The van der Waals surface area contributed by atoms with Crippen LogP contribution in [-0.2, 0) is 11.3 Å². The molecule has 0 saturated heterocycles. The molecular formula is C21H28N2O3. The number of rotatable bonds is 9. The SMILES string of the molecule is CCCCNC(=O)CCN(Cc1ccccc1)C(=O)c1cc(C)oc1C. The lowest BCUT2D eigenvalue weighted by molar-refractivity contribution is -0.121. The van der Waals surface area contributed by atoms with E-state index in [4.69, 9.17) is 4.42 Å². The van der Waals surface area contributed by atoms with E-state index < -0.39 is 0 Å². The Morgan fingerprint density at radius 3 is 2.50 bits per heavy atom. The van der Waals surface area contributed by atoms with Crippen molar-refractivity contribution >= 4 is 11.8 Å². The molecule has 0 aliphatic heterocycles. The van der Waals surface area contributed by atoms with Gasteiger partial charge in [-0.1, -0.05) is 43.7 Å². The largest absolute Gasteiger partial charge is 0.466 e. The summed E-state index contributed by atoms with van der Waals surface area (Å²) in [5.74, 6) is 1.19. The van der Waals surface area contributed by atoms with Gasteiger partial charge in [0.1, 0.15) is 11.5 Å². The molecule has 1 aromatic carbocycles. The smallest absolute Gasteiger partial charge is 0.257 e. The summed E-state index contributed by atoms with van der Waals surface area (Å²) in [4.78, 5) is 26.7. The van der Waals surface area contributed by atoms with Gasteiger partial charge < -0.3 is 14.6 Å². The third-order valence-corrected chi connectivity index (χ3v) is 4.24. The van der Waals surface area contributed by atoms with Gasteiger partial charge in [0.2, 0.25) is 5.91 Å². The maximum Gasteiger partial charge on any atom is 0.257 e. The van der Waals surface area contributed by atoms with Gasteiger partial charge in [-0.25, -0.2) is 0 Å². The molecule has 5 heteroatoms. The molecule has 5 nitrogen and oxygen atoms in total. The standard InChI is InChI=1S/C21H28N2O3/c1-4-5-12-22-20(24)11-13-23(15-18-9-7-6-8-10-18)21(25)19-14-16(2)26-17(19)3/h6-10,14H,4-5,11-13,15H2,1-3H3,(H,22,24). The van der Waals surface area contributed by atoms with Crippen LogP contribution in [0.5, 0.6) is 0 Å². The molecule has 2 aromatic rings. The van der Waals surface area contributed by atoms with Crippen LogP contribution in [0.2, 0.25) is 0 Å². The predicted octanol–water partition coefficient (Wildman–Crippen LogP) is 3.85. The zero-order valence-corrected chi connectivity index (χ0v) is 15.9. The molecule has 0 saturated carbocycles. The van der Waals surface area contributed by atoms with E-state index in [1.165, 1.54) is 0 Å². The van der Waals surface area contributed by atoms with Crippen molar-refractivity contribution in [3.63, 3.8) is 0 Å². The molecule has 0 bridgehead atoms. The van der Waals surface area contributed by atoms with E-state index in [1.807, 2.05) is 37.3 Å². The van der Waals surface area contributed by atoms with Gasteiger partial charge in [-0.3, -0.25) is 9.59 Å². The molecule has 0 atom stereocenters. The number of benzene rings is 1. The van der Waals surface area contributed by atoms with E-state index in [0.29, 0.717) is 36.7 Å². The molecule has 0 unspecified atom stereocenters. The highest BCUT2D eigenvalue weighted by Crippen LogP contribution is 2.18. The van der Waals surface area contributed by atoms with Crippen LogP contribution in [0.1, 0.15) is 53.6 Å². The second-order valence-corrected chi connectivity index (χ2v) is 6.49. The van der Waals surface area contributed by atoms with Gasteiger partial charge in [0.05, 0.1) is 5.56 Å². The molecule has 1 N–H and O–H groups in total. The lowest BCUT2D eigenvalue weighted by atomic mass is 10.1. The summed E-state index contributed by atoms with van der Waals surface area (Å²) in [5.41, 5.74) is 1.59. The van der Waals surface area contributed by atoms with Crippen molar-refractivity contribution < 1.29 is 14.0 Å². The number of nitrogens with one attached hydrogen (secondary N) is 1. The Labute approximate surface area is 155 Å². The number of amides is 2. The van der Waals surface area contributed by atoms with Crippen LogP contribution in [0.25, 0.3) is 0 Å². The molecule has 0 aliphatic carbocycles. The first-order chi connectivity index (χ1) is 12.5. The van der Waals surface area contributed by atoms with Crippen molar-refractivity contribution in [1.82, 2.24) is 10.2 Å². The highest BCUT2D eigenvalue weighted by Gasteiger charge is 2.21. The van der Waals surface area contributed by atoms with Gasteiger partial charge in [-0.2, -0.15) is 0 Å². The third-order valence-electron chi connectivity index (χ3n) is 4.24. The zero-order valence-electron chi connectivity index (χ0n) is 15.9. The molecule has 26 heavy (non-hydrogen) atoms. The fourth-order valence-electron chi connectivity index (χ4n) is 2.80.